The van der Waals surface area contributed by atoms with Gasteiger partial charge in [0.15, 0.2) is 5.15 Å². The minimum absolute atomic E-state index is 0.158. The van der Waals surface area contributed by atoms with E-state index in [2.05, 4.69) is 9.97 Å². The normalized spacial score (nSPS) is 12.8. The molecule has 0 saturated heterocycles. The molecule has 0 aliphatic heterocycles. The van der Waals surface area contributed by atoms with Crippen molar-refractivity contribution in [3.05, 3.63) is 11.5 Å². The van der Waals surface area contributed by atoms with Crippen molar-refractivity contribution in [3.63, 3.8) is 0 Å². The van der Waals surface area contributed by atoms with Crippen molar-refractivity contribution >= 4 is 29.1 Å². The Morgan fingerprint density at radius 2 is 2.36 bits per heavy atom. The first kappa shape index (κ1) is 11.6. The van der Waals surface area contributed by atoms with Gasteiger partial charge in [0.1, 0.15) is 17.0 Å². The van der Waals surface area contributed by atoms with Crippen LogP contribution in [0.1, 0.15) is 6.92 Å². The minimum Gasteiger partial charge on any atom is -0.396 e. The maximum atomic E-state index is 8.83. The summed E-state index contributed by atoms with van der Waals surface area (Å²) in [6.07, 6.45) is 1.38. The molecule has 0 aliphatic carbocycles. The summed E-state index contributed by atoms with van der Waals surface area (Å²) in [5.74, 6) is 0.974. The first-order chi connectivity index (χ1) is 6.65. The fourth-order valence-electron chi connectivity index (χ4n) is 0.748. The lowest BCUT2D eigenvalue weighted by Crippen LogP contribution is -2.04. The zero-order valence-corrected chi connectivity index (χ0v) is 9.35. The van der Waals surface area contributed by atoms with Crippen molar-refractivity contribution < 1.29 is 5.11 Å². The number of hydrogen-bond acceptors (Lipinski definition) is 5. The van der Waals surface area contributed by atoms with Gasteiger partial charge in [-0.15, -0.1) is 11.8 Å². The fourth-order valence-corrected chi connectivity index (χ4v) is 1.86. The lowest BCUT2D eigenvalue weighted by Gasteiger charge is -2.08. The highest BCUT2D eigenvalue weighted by Crippen LogP contribution is 2.27. The van der Waals surface area contributed by atoms with Crippen LogP contribution in [0.3, 0.4) is 0 Å². The molecular formula is C8H12ClN3OS. The number of rotatable bonds is 4. The first-order valence-corrected chi connectivity index (χ1v) is 5.51. The molecule has 1 rings (SSSR count). The second-order valence-corrected chi connectivity index (χ2v) is 4.35. The van der Waals surface area contributed by atoms with Crippen LogP contribution in [-0.4, -0.2) is 27.4 Å². The van der Waals surface area contributed by atoms with E-state index in [1.165, 1.54) is 18.1 Å². The number of anilines is 1. The minimum atomic E-state index is 0.158. The Morgan fingerprint density at radius 1 is 1.64 bits per heavy atom. The van der Waals surface area contributed by atoms with E-state index >= 15 is 0 Å². The summed E-state index contributed by atoms with van der Waals surface area (Å²) in [6.45, 7) is 2.11. The molecule has 1 aromatic rings. The second kappa shape index (κ2) is 5.38. The largest absolute Gasteiger partial charge is 0.396 e. The van der Waals surface area contributed by atoms with Gasteiger partial charge in [-0.05, 0) is 5.92 Å². The zero-order chi connectivity index (χ0) is 10.6. The summed E-state index contributed by atoms with van der Waals surface area (Å²) in [4.78, 5) is 7.76. The van der Waals surface area contributed by atoms with E-state index in [4.69, 9.17) is 22.4 Å². The van der Waals surface area contributed by atoms with Gasteiger partial charge in [0.2, 0.25) is 0 Å². The molecule has 1 unspecified atom stereocenters. The third-order valence-corrected chi connectivity index (χ3v) is 3.25. The van der Waals surface area contributed by atoms with Gasteiger partial charge < -0.3 is 10.8 Å². The third-order valence-electron chi connectivity index (χ3n) is 1.61. The molecule has 0 aliphatic rings. The highest BCUT2D eigenvalue weighted by Gasteiger charge is 2.08. The molecule has 1 heterocycles. The summed E-state index contributed by atoms with van der Waals surface area (Å²) >= 11 is 7.20. The fraction of sp³-hybridized carbons (Fsp3) is 0.500. The Kier molecular flexibility index (Phi) is 4.44. The van der Waals surface area contributed by atoms with E-state index in [9.17, 15) is 0 Å². The van der Waals surface area contributed by atoms with Crippen LogP contribution in [0.5, 0.6) is 0 Å². The maximum Gasteiger partial charge on any atom is 0.156 e. The summed E-state index contributed by atoms with van der Waals surface area (Å²) in [6, 6.07) is 0. The van der Waals surface area contributed by atoms with Crippen LogP contribution in [0, 0.1) is 5.92 Å². The van der Waals surface area contributed by atoms with Gasteiger partial charge in [-0.3, -0.25) is 0 Å². The van der Waals surface area contributed by atoms with Crippen LogP contribution in [-0.2, 0) is 0 Å². The molecule has 4 nitrogen and oxygen atoms in total. The van der Waals surface area contributed by atoms with Crippen molar-refractivity contribution in [1.29, 1.82) is 0 Å². The Balaban J connectivity index is 2.63. The van der Waals surface area contributed by atoms with E-state index < -0.39 is 0 Å². The van der Waals surface area contributed by atoms with Gasteiger partial charge in [0, 0.05) is 12.4 Å². The molecule has 0 saturated carbocycles. The molecule has 0 spiro atoms. The van der Waals surface area contributed by atoms with Crippen molar-refractivity contribution in [3.8, 4) is 0 Å². The number of thioether (sulfide) groups is 1. The average molecular weight is 234 g/mol. The topological polar surface area (TPSA) is 72.0 Å². The molecule has 0 fully saturated rings. The van der Waals surface area contributed by atoms with Gasteiger partial charge in [0.25, 0.3) is 0 Å². The molecule has 6 heteroatoms. The van der Waals surface area contributed by atoms with E-state index in [1.54, 1.807) is 0 Å². The number of halogens is 1. The summed E-state index contributed by atoms with van der Waals surface area (Å²) in [5.41, 5.74) is 6.08. The summed E-state index contributed by atoms with van der Waals surface area (Å²) < 4.78 is 0. The van der Waals surface area contributed by atoms with Crippen LogP contribution in [0.15, 0.2) is 11.4 Å². The van der Waals surface area contributed by atoms with Crippen LogP contribution < -0.4 is 5.73 Å². The number of nitrogen functional groups attached to an aromatic ring is 1. The second-order valence-electron chi connectivity index (χ2n) is 2.98. The number of aromatic nitrogens is 2. The van der Waals surface area contributed by atoms with Crippen molar-refractivity contribution in [2.45, 2.75) is 11.9 Å². The standard InChI is InChI=1S/C8H12ClN3OS/c1-5(2-13)3-14-8-6(10)7(9)11-4-12-8/h4-5,13H,2-3,10H2,1H3. The molecule has 78 valence electrons. The Hall–Kier alpha value is -0.520. The lowest BCUT2D eigenvalue weighted by atomic mass is 10.2. The molecule has 14 heavy (non-hydrogen) atoms. The van der Waals surface area contributed by atoms with E-state index in [0.717, 1.165) is 5.75 Å². The van der Waals surface area contributed by atoms with Gasteiger partial charge in [-0.25, -0.2) is 9.97 Å². The Morgan fingerprint density at radius 3 is 3.00 bits per heavy atom. The molecular weight excluding hydrogens is 222 g/mol. The first-order valence-electron chi connectivity index (χ1n) is 4.14. The van der Waals surface area contributed by atoms with E-state index in [0.29, 0.717) is 10.7 Å². The highest BCUT2D eigenvalue weighted by molar-refractivity contribution is 7.99. The number of nitrogens with zero attached hydrogens (tertiary/aromatic N) is 2. The highest BCUT2D eigenvalue weighted by atomic mass is 35.5. The molecule has 0 aromatic carbocycles. The summed E-state index contributed by atoms with van der Waals surface area (Å²) in [7, 11) is 0. The van der Waals surface area contributed by atoms with E-state index in [1.807, 2.05) is 6.92 Å². The SMILES string of the molecule is CC(CO)CSc1ncnc(Cl)c1N. The van der Waals surface area contributed by atoms with Gasteiger partial charge in [-0.2, -0.15) is 0 Å². The molecule has 0 amide bonds. The Labute approximate surface area is 91.9 Å². The molecule has 1 atom stereocenters. The van der Waals surface area contributed by atoms with Crippen molar-refractivity contribution in [1.82, 2.24) is 9.97 Å². The predicted molar refractivity (Wildman–Crippen MR) is 58.4 cm³/mol. The smallest absolute Gasteiger partial charge is 0.156 e. The quantitative estimate of drug-likeness (QED) is 0.608. The van der Waals surface area contributed by atoms with Gasteiger partial charge in [-0.1, -0.05) is 18.5 Å². The maximum absolute atomic E-state index is 8.83. The van der Waals surface area contributed by atoms with Gasteiger partial charge in [0.05, 0.1) is 0 Å². The molecule has 3 N–H and O–H groups in total. The average Bonchev–Trinajstić information content (AvgIpc) is 2.20. The Bertz CT molecular complexity index is 311. The summed E-state index contributed by atoms with van der Waals surface area (Å²) in [5, 5.41) is 9.78. The van der Waals surface area contributed by atoms with Crippen LogP contribution in [0.25, 0.3) is 0 Å². The monoisotopic (exact) mass is 233 g/mol. The van der Waals surface area contributed by atoms with Crippen LogP contribution in [0.4, 0.5) is 5.69 Å². The lowest BCUT2D eigenvalue weighted by molar-refractivity contribution is 0.250. The third kappa shape index (κ3) is 3.01. The number of hydrogen-bond donors (Lipinski definition) is 2. The number of aliphatic hydroxyl groups excluding tert-OH is 1. The van der Waals surface area contributed by atoms with Crippen molar-refractivity contribution in [2.24, 2.45) is 5.92 Å². The van der Waals surface area contributed by atoms with Crippen molar-refractivity contribution in [2.75, 3.05) is 18.1 Å². The predicted octanol–water partition coefficient (Wildman–Crippen LogP) is 1.43. The number of aliphatic hydroxyl groups is 1. The van der Waals surface area contributed by atoms with E-state index in [-0.39, 0.29) is 17.7 Å². The van der Waals surface area contributed by atoms with Crippen LogP contribution in [0.2, 0.25) is 5.15 Å². The molecule has 0 bridgehead atoms. The molecule has 0 radical (unpaired) electrons. The van der Waals surface area contributed by atoms with Crippen LogP contribution >= 0.6 is 23.4 Å². The zero-order valence-electron chi connectivity index (χ0n) is 7.77. The number of nitrogens with two attached hydrogens (primary N) is 1. The molecule has 1 aromatic heterocycles. The van der Waals surface area contributed by atoms with Gasteiger partial charge >= 0.3 is 0 Å².